The van der Waals surface area contributed by atoms with Crippen LogP contribution in [0.15, 0.2) is 22.1 Å². The minimum Gasteiger partial charge on any atom is -0.466 e. The number of carbonyl (C=O) groups excluding carboxylic acids is 1. The van der Waals surface area contributed by atoms with Gasteiger partial charge in [0.25, 0.3) is 0 Å². The van der Waals surface area contributed by atoms with E-state index in [1.54, 1.807) is 6.20 Å². The number of furan rings is 1. The molecule has 0 unspecified atom stereocenters. The Balaban J connectivity index is 1.85. The smallest absolute Gasteiger partial charge is 0.240 e. The topological polar surface area (TPSA) is 67.2 Å². The molecule has 0 aliphatic rings. The molecule has 0 spiro atoms. The Morgan fingerprint density at radius 1 is 1.53 bits per heavy atom. The van der Waals surface area contributed by atoms with Gasteiger partial charge < -0.3 is 15.1 Å². The molecular formula is C13H17N3O2S. The molecule has 0 fully saturated rings. The van der Waals surface area contributed by atoms with E-state index < -0.39 is 0 Å². The molecule has 0 bridgehead atoms. The molecule has 2 aromatic rings. The molecule has 2 heterocycles. The van der Waals surface area contributed by atoms with Crippen molar-refractivity contribution in [2.24, 2.45) is 0 Å². The van der Waals surface area contributed by atoms with Gasteiger partial charge in [-0.05, 0) is 26.8 Å². The maximum atomic E-state index is 11.7. The molecule has 0 aromatic carbocycles. The number of amides is 1. The molecule has 0 saturated carbocycles. The highest BCUT2D eigenvalue weighted by atomic mass is 32.1. The third-order valence-electron chi connectivity index (χ3n) is 2.79. The van der Waals surface area contributed by atoms with Crippen LogP contribution < -0.4 is 10.6 Å². The average Bonchev–Trinajstić information content (AvgIpc) is 2.96. The third-order valence-corrected chi connectivity index (χ3v) is 3.48. The molecule has 1 amide bonds. The number of anilines is 1. The Hall–Kier alpha value is -1.66. The number of hydrogen-bond donors (Lipinski definition) is 2. The van der Waals surface area contributed by atoms with E-state index in [-0.39, 0.29) is 18.5 Å². The number of nitrogens with zero attached hydrogens (tertiary/aromatic N) is 1. The molecule has 2 rings (SSSR count). The first-order valence-corrected chi connectivity index (χ1v) is 6.94. The van der Waals surface area contributed by atoms with Crippen LogP contribution in [0.4, 0.5) is 5.13 Å². The molecular weight excluding hydrogens is 262 g/mol. The number of aryl methyl sites for hydroxylation is 2. The lowest BCUT2D eigenvalue weighted by molar-refractivity contribution is -0.115. The van der Waals surface area contributed by atoms with Gasteiger partial charge in [0.15, 0.2) is 5.13 Å². The number of thiazole rings is 1. The highest BCUT2D eigenvalue weighted by Crippen LogP contribution is 2.20. The van der Waals surface area contributed by atoms with Crippen molar-refractivity contribution >= 4 is 22.4 Å². The van der Waals surface area contributed by atoms with E-state index in [0.717, 1.165) is 17.1 Å². The summed E-state index contributed by atoms with van der Waals surface area (Å²) in [5.41, 5.74) is 1.08. The lowest BCUT2D eigenvalue weighted by Crippen LogP contribution is -2.30. The van der Waals surface area contributed by atoms with Gasteiger partial charge in [-0.25, -0.2) is 4.98 Å². The first kappa shape index (κ1) is 13.8. The Bertz CT molecular complexity index is 548. The predicted molar refractivity (Wildman–Crippen MR) is 75.3 cm³/mol. The summed E-state index contributed by atoms with van der Waals surface area (Å²) in [5.74, 6) is 1.67. The van der Waals surface area contributed by atoms with Crippen molar-refractivity contribution in [2.75, 3.05) is 11.9 Å². The van der Waals surface area contributed by atoms with E-state index in [0.29, 0.717) is 5.13 Å². The fourth-order valence-corrected chi connectivity index (χ4v) is 2.43. The van der Waals surface area contributed by atoms with E-state index in [4.69, 9.17) is 4.42 Å². The molecule has 6 heteroatoms. The van der Waals surface area contributed by atoms with Crippen molar-refractivity contribution in [2.45, 2.75) is 26.8 Å². The van der Waals surface area contributed by atoms with E-state index in [1.807, 2.05) is 32.2 Å². The maximum Gasteiger partial charge on any atom is 0.240 e. The van der Waals surface area contributed by atoms with E-state index in [2.05, 4.69) is 15.6 Å². The van der Waals surface area contributed by atoms with Gasteiger partial charge in [0, 0.05) is 23.2 Å². The van der Waals surface area contributed by atoms with Crippen LogP contribution in [0.5, 0.6) is 0 Å². The zero-order valence-corrected chi connectivity index (χ0v) is 12.0. The molecule has 0 aliphatic carbocycles. The van der Waals surface area contributed by atoms with Crippen molar-refractivity contribution < 1.29 is 9.21 Å². The van der Waals surface area contributed by atoms with Crippen LogP contribution in [0.1, 0.15) is 30.0 Å². The Labute approximate surface area is 116 Å². The van der Waals surface area contributed by atoms with Crippen molar-refractivity contribution in [3.63, 3.8) is 0 Å². The Morgan fingerprint density at radius 3 is 2.89 bits per heavy atom. The monoisotopic (exact) mass is 279 g/mol. The standard InChI is InChI=1S/C13H17N3O2S/c1-8-6-11(10(3)18-8)9(2)15-7-12(17)16-13-14-4-5-19-13/h4-6,9,15H,7H2,1-3H3,(H,14,16,17)/t9-/m1/s1. The summed E-state index contributed by atoms with van der Waals surface area (Å²) in [7, 11) is 0. The highest BCUT2D eigenvalue weighted by molar-refractivity contribution is 7.13. The molecule has 2 N–H and O–H groups in total. The molecule has 102 valence electrons. The molecule has 19 heavy (non-hydrogen) atoms. The zero-order valence-electron chi connectivity index (χ0n) is 11.2. The second kappa shape index (κ2) is 5.99. The van der Waals surface area contributed by atoms with Crippen molar-refractivity contribution in [1.82, 2.24) is 10.3 Å². The van der Waals surface area contributed by atoms with Gasteiger partial charge in [-0.2, -0.15) is 0 Å². The van der Waals surface area contributed by atoms with Gasteiger partial charge in [-0.15, -0.1) is 11.3 Å². The van der Waals surface area contributed by atoms with Crippen LogP contribution >= 0.6 is 11.3 Å². The molecule has 0 radical (unpaired) electrons. The van der Waals surface area contributed by atoms with Gasteiger partial charge >= 0.3 is 0 Å². The fourth-order valence-electron chi connectivity index (χ4n) is 1.88. The molecule has 0 saturated heterocycles. The summed E-state index contributed by atoms with van der Waals surface area (Å²) in [6, 6.07) is 2.06. The largest absolute Gasteiger partial charge is 0.466 e. The summed E-state index contributed by atoms with van der Waals surface area (Å²) in [5, 5.41) is 8.34. The van der Waals surface area contributed by atoms with Crippen LogP contribution in [-0.4, -0.2) is 17.4 Å². The number of nitrogens with one attached hydrogen (secondary N) is 2. The second-order valence-corrected chi connectivity index (χ2v) is 5.25. The van der Waals surface area contributed by atoms with Crippen LogP contribution in [0.2, 0.25) is 0 Å². The first-order chi connectivity index (χ1) is 9.06. The van der Waals surface area contributed by atoms with Crippen molar-refractivity contribution in [1.29, 1.82) is 0 Å². The average molecular weight is 279 g/mol. The number of carbonyl (C=O) groups is 1. The van der Waals surface area contributed by atoms with Gasteiger partial charge in [-0.3, -0.25) is 4.79 Å². The van der Waals surface area contributed by atoms with Crippen LogP contribution in [0.3, 0.4) is 0 Å². The van der Waals surface area contributed by atoms with Crippen LogP contribution in [-0.2, 0) is 4.79 Å². The summed E-state index contributed by atoms with van der Waals surface area (Å²) in [6.45, 7) is 6.09. The van der Waals surface area contributed by atoms with Crippen molar-refractivity contribution in [3.8, 4) is 0 Å². The molecule has 2 aromatic heterocycles. The predicted octanol–water partition coefficient (Wildman–Crippen LogP) is 2.64. The molecule has 1 atom stereocenters. The van der Waals surface area contributed by atoms with Gasteiger partial charge in [0.05, 0.1) is 6.54 Å². The quantitative estimate of drug-likeness (QED) is 0.883. The summed E-state index contributed by atoms with van der Waals surface area (Å²) >= 11 is 1.40. The van der Waals surface area contributed by atoms with Gasteiger partial charge in [0.2, 0.25) is 5.91 Å². The minimum atomic E-state index is -0.0975. The second-order valence-electron chi connectivity index (χ2n) is 4.36. The number of rotatable bonds is 5. The van der Waals surface area contributed by atoms with Gasteiger partial charge in [-0.1, -0.05) is 0 Å². The number of aromatic nitrogens is 1. The maximum absolute atomic E-state index is 11.7. The lowest BCUT2D eigenvalue weighted by Gasteiger charge is -2.12. The Kier molecular flexibility index (Phi) is 4.34. The van der Waals surface area contributed by atoms with Crippen molar-refractivity contribution in [3.05, 3.63) is 34.7 Å². The van der Waals surface area contributed by atoms with E-state index in [9.17, 15) is 4.79 Å². The summed E-state index contributed by atoms with van der Waals surface area (Å²) in [4.78, 5) is 15.7. The fraction of sp³-hybridized carbons (Fsp3) is 0.385. The van der Waals surface area contributed by atoms with Crippen LogP contribution in [0, 0.1) is 13.8 Å². The normalized spacial score (nSPS) is 12.4. The number of hydrogen-bond acceptors (Lipinski definition) is 5. The summed E-state index contributed by atoms with van der Waals surface area (Å²) in [6.07, 6.45) is 1.66. The molecule has 0 aliphatic heterocycles. The molecule has 5 nitrogen and oxygen atoms in total. The zero-order chi connectivity index (χ0) is 13.8. The van der Waals surface area contributed by atoms with E-state index >= 15 is 0 Å². The minimum absolute atomic E-state index is 0.0690. The lowest BCUT2D eigenvalue weighted by atomic mass is 10.1. The Morgan fingerprint density at radius 2 is 2.32 bits per heavy atom. The summed E-state index contributed by atoms with van der Waals surface area (Å²) < 4.78 is 5.48. The first-order valence-electron chi connectivity index (χ1n) is 6.06. The third kappa shape index (κ3) is 3.65. The van der Waals surface area contributed by atoms with E-state index in [1.165, 1.54) is 11.3 Å². The highest BCUT2D eigenvalue weighted by Gasteiger charge is 2.13. The SMILES string of the molecule is Cc1cc([C@@H](C)NCC(=O)Nc2nccs2)c(C)o1. The van der Waals surface area contributed by atoms with Gasteiger partial charge in [0.1, 0.15) is 11.5 Å². The van der Waals surface area contributed by atoms with Crippen LogP contribution in [0.25, 0.3) is 0 Å².